The molecule has 4 rings (SSSR count). The predicted molar refractivity (Wildman–Crippen MR) is 76.6 cm³/mol. The molecule has 0 N–H and O–H groups in total. The van der Waals surface area contributed by atoms with Gasteiger partial charge in [0, 0.05) is 16.8 Å². The maximum absolute atomic E-state index is 12.6. The Bertz CT molecular complexity index is 601. The molecule has 0 spiro atoms. The second-order valence-electron chi connectivity index (χ2n) is 5.20. The monoisotopic (exact) mass is 290 g/mol. The first kappa shape index (κ1) is 11.6. The third-order valence-electron chi connectivity index (χ3n) is 3.99. The topological polar surface area (TPSA) is 33.2 Å². The van der Waals surface area contributed by atoms with Crippen LogP contribution in [0.5, 0.6) is 0 Å². The fourth-order valence-electron chi connectivity index (χ4n) is 2.96. The average molecular weight is 290 g/mol. The third kappa shape index (κ3) is 1.92. The number of nitrogens with zero attached hydrogens (tertiary/aromatic N) is 2. The zero-order valence-corrected chi connectivity index (χ0v) is 12.0. The summed E-state index contributed by atoms with van der Waals surface area (Å²) in [6.07, 6.45) is 3.49. The lowest BCUT2D eigenvalue weighted by Gasteiger charge is -2.35. The molecule has 2 aromatic rings. The summed E-state index contributed by atoms with van der Waals surface area (Å²) in [4.78, 5) is 20.3. The number of thiophene rings is 1. The third-order valence-corrected chi connectivity index (χ3v) is 5.58. The first-order chi connectivity index (χ1) is 9.34. The largest absolute Gasteiger partial charge is 0.330 e. The zero-order chi connectivity index (χ0) is 12.8. The minimum atomic E-state index is 0.106. The molecule has 1 unspecified atom stereocenters. The molecule has 1 aliphatic carbocycles. The van der Waals surface area contributed by atoms with Gasteiger partial charge in [-0.25, -0.2) is 4.98 Å². The maximum Gasteiger partial charge on any atom is 0.273 e. The molecule has 1 saturated carbocycles. The van der Waals surface area contributed by atoms with Crippen LogP contribution in [-0.2, 0) is 6.42 Å². The highest BCUT2D eigenvalue weighted by atomic mass is 32.1. The lowest BCUT2D eigenvalue weighted by molar-refractivity contribution is 0.0632. The number of amides is 1. The first-order valence-corrected chi connectivity index (χ1v) is 8.42. The number of hydrogen-bond donors (Lipinski definition) is 0. The summed E-state index contributed by atoms with van der Waals surface area (Å²) in [5.41, 5.74) is 3.73. The van der Waals surface area contributed by atoms with Gasteiger partial charge in [-0.2, -0.15) is 0 Å². The summed E-state index contributed by atoms with van der Waals surface area (Å²) in [7, 11) is 0. The summed E-state index contributed by atoms with van der Waals surface area (Å²) in [6, 6.07) is 2.51. The Balaban J connectivity index is 1.70. The molecule has 5 heteroatoms. The van der Waals surface area contributed by atoms with Crippen molar-refractivity contribution < 1.29 is 4.79 Å². The SMILES string of the molecule is O=C(c1cscn1)N1CCc2sccc2C1C1CC1. The number of carbonyl (C=O) groups excluding carboxylic acids is 1. The van der Waals surface area contributed by atoms with Gasteiger partial charge in [-0.15, -0.1) is 22.7 Å². The van der Waals surface area contributed by atoms with E-state index in [2.05, 4.69) is 21.3 Å². The molecule has 1 fully saturated rings. The molecule has 19 heavy (non-hydrogen) atoms. The van der Waals surface area contributed by atoms with Gasteiger partial charge in [0.1, 0.15) is 5.69 Å². The Morgan fingerprint density at radius 3 is 3.05 bits per heavy atom. The summed E-state index contributed by atoms with van der Waals surface area (Å²) < 4.78 is 0. The highest BCUT2D eigenvalue weighted by Crippen LogP contribution is 2.48. The van der Waals surface area contributed by atoms with Crippen molar-refractivity contribution in [2.75, 3.05) is 6.54 Å². The molecule has 1 amide bonds. The van der Waals surface area contributed by atoms with Crippen LogP contribution < -0.4 is 0 Å². The van der Waals surface area contributed by atoms with E-state index in [9.17, 15) is 4.79 Å². The molecular formula is C14H14N2OS2. The van der Waals surface area contributed by atoms with Crippen LogP contribution >= 0.6 is 22.7 Å². The highest BCUT2D eigenvalue weighted by molar-refractivity contribution is 7.10. The highest BCUT2D eigenvalue weighted by Gasteiger charge is 2.42. The number of fused-ring (bicyclic) bond motifs is 1. The van der Waals surface area contributed by atoms with Crippen molar-refractivity contribution in [3.8, 4) is 0 Å². The van der Waals surface area contributed by atoms with Gasteiger partial charge in [0.25, 0.3) is 5.91 Å². The van der Waals surface area contributed by atoms with Crippen molar-refractivity contribution in [1.82, 2.24) is 9.88 Å². The van der Waals surface area contributed by atoms with Gasteiger partial charge < -0.3 is 4.90 Å². The first-order valence-electron chi connectivity index (χ1n) is 6.60. The van der Waals surface area contributed by atoms with Gasteiger partial charge in [-0.05, 0) is 42.2 Å². The van der Waals surface area contributed by atoms with Crippen LogP contribution in [0.4, 0.5) is 0 Å². The van der Waals surface area contributed by atoms with E-state index in [1.807, 2.05) is 16.7 Å². The Labute approximate surface area is 119 Å². The molecule has 0 radical (unpaired) electrons. The van der Waals surface area contributed by atoms with Crippen LogP contribution in [0.15, 0.2) is 22.3 Å². The summed E-state index contributed by atoms with van der Waals surface area (Å²) in [5.74, 6) is 0.770. The molecule has 0 bridgehead atoms. The van der Waals surface area contributed by atoms with Gasteiger partial charge in [-0.3, -0.25) is 4.79 Å². The van der Waals surface area contributed by atoms with Crippen molar-refractivity contribution in [2.24, 2.45) is 5.92 Å². The normalized spacial score (nSPS) is 22.3. The molecule has 2 aromatic heterocycles. The van der Waals surface area contributed by atoms with E-state index in [1.54, 1.807) is 5.51 Å². The molecule has 3 nitrogen and oxygen atoms in total. The molecule has 0 aromatic carbocycles. The van der Waals surface area contributed by atoms with Gasteiger partial charge in [0.2, 0.25) is 0 Å². The molecule has 0 saturated heterocycles. The second kappa shape index (κ2) is 4.42. The van der Waals surface area contributed by atoms with Gasteiger partial charge in [-0.1, -0.05) is 0 Å². The van der Waals surface area contributed by atoms with Crippen LogP contribution in [0, 0.1) is 5.92 Å². The van der Waals surface area contributed by atoms with E-state index in [0.29, 0.717) is 17.7 Å². The number of hydrogen-bond acceptors (Lipinski definition) is 4. The number of thiazole rings is 1. The lowest BCUT2D eigenvalue weighted by Crippen LogP contribution is -2.40. The molecule has 1 aliphatic heterocycles. The van der Waals surface area contributed by atoms with E-state index in [4.69, 9.17) is 0 Å². The van der Waals surface area contributed by atoms with Gasteiger partial charge in [0.15, 0.2) is 0 Å². The Hall–Kier alpha value is -1.20. The van der Waals surface area contributed by atoms with E-state index in [1.165, 1.54) is 34.6 Å². The lowest BCUT2D eigenvalue weighted by atomic mass is 9.95. The predicted octanol–water partition coefficient (Wildman–Crippen LogP) is 3.35. The van der Waals surface area contributed by atoms with Crippen molar-refractivity contribution in [3.05, 3.63) is 38.5 Å². The van der Waals surface area contributed by atoms with Crippen LogP contribution in [0.1, 0.15) is 39.8 Å². The quantitative estimate of drug-likeness (QED) is 0.849. The molecular weight excluding hydrogens is 276 g/mol. The zero-order valence-electron chi connectivity index (χ0n) is 10.4. The summed E-state index contributed by atoms with van der Waals surface area (Å²) in [6.45, 7) is 0.838. The fourth-order valence-corrected chi connectivity index (χ4v) is 4.40. The van der Waals surface area contributed by atoms with Crippen LogP contribution in [-0.4, -0.2) is 22.3 Å². The maximum atomic E-state index is 12.6. The van der Waals surface area contributed by atoms with Crippen molar-refractivity contribution in [1.29, 1.82) is 0 Å². The smallest absolute Gasteiger partial charge is 0.273 e. The summed E-state index contributed by atoms with van der Waals surface area (Å²) in [5, 5.41) is 4.02. The van der Waals surface area contributed by atoms with E-state index in [0.717, 1.165) is 13.0 Å². The second-order valence-corrected chi connectivity index (χ2v) is 6.92. The number of aromatic nitrogens is 1. The molecule has 3 heterocycles. The average Bonchev–Trinajstić information content (AvgIpc) is 2.95. The van der Waals surface area contributed by atoms with Crippen molar-refractivity contribution >= 4 is 28.6 Å². The summed E-state index contributed by atoms with van der Waals surface area (Å²) >= 11 is 3.32. The van der Waals surface area contributed by atoms with E-state index < -0.39 is 0 Å². The number of rotatable bonds is 2. The van der Waals surface area contributed by atoms with E-state index >= 15 is 0 Å². The van der Waals surface area contributed by atoms with Crippen LogP contribution in [0.25, 0.3) is 0 Å². The van der Waals surface area contributed by atoms with Gasteiger partial charge in [0.05, 0.1) is 11.6 Å². The Morgan fingerprint density at radius 1 is 1.42 bits per heavy atom. The number of carbonyl (C=O) groups is 1. The van der Waals surface area contributed by atoms with Crippen LogP contribution in [0.3, 0.4) is 0 Å². The molecule has 2 aliphatic rings. The van der Waals surface area contributed by atoms with Crippen molar-refractivity contribution in [2.45, 2.75) is 25.3 Å². The van der Waals surface area contributed by atoms with E-state index in [-0.39, 0.29) is 5.91 Å². The standard InChI is InChI=1S/C14H14N2OS2/c17-14(11-7-18-8-15-11)16-5-3-12-10(4-6-19-12)13(16)9-1-2-9/h4,6-9,13H,1-3,5H2. The molecule has 98 valence electrons. The fraction of sp³-hybridized carbons (Fsp3) is 0.429. The van der Waals surface area contributed by atoms with Crippen LogP contribution in [0.2, 0.25) is 0 Å². The minimum absolute atomic E-state index is 0.106. The van der Waals surface area contributed by atoms with Gasteiger partial charge >= 0.3 is 0 Å². The Morgan fingerprint density at radius 2 is 2.32 bits per heavy atom. The molecule has 1 atom stereocenters. The Kier molecular flexibility index (Phi) is 2.70. The van der Waals surface area contributed by atoms with Crippen molar-refractivity contribution in [3.63, 3.8) is 0 Å². The minimum Gasteiger partial charge on any atom is -0.330 e.